The van der Waals surface area contributed by atoms with Crippen LogP contribution in [0.1, 0.15) is 31.0 Å². The van der Waals surface area contributed by atoms with E-state index in [-0.39, 0.29) is 28.0 Å². The van der Waals surface area contributed by atoms with Gasteiger partial charge in [-0.2, -0.15) is 0 Å². The second kappa shape index (κ2) is 8.91. The van der Waals surface area contributed by atoms with Crippen molar-refractivity contribution in [2.75, 3.05) is 6.61 Å². The topological polar surface area (TPSA) is 104 Å². The van der Waals surface area contributed by atoms with E-state index in [2.05, 4.69) is 4.99 Å². The number of carbonyl (C=O) groups is 1. The largest absolute Gasteiger partial charge is 0.463 e. The molecule has 0 bridgehead atoms. The van der Waals surface area contributed by atoms with Crippen LogP contribution < -0.4 is 14.9 Å². The maximum absolute atomic E-state index is 14.2. The van der Waals surface area contributed by atoms with Crippen LogP contribution in [0.15, 0.2) is 69.6 Å². The number of benzene rings is 2. The van der Waals surface area contributed by atoms with E-state index >= 15 is 0 Å². The van der Waals surface area contributed by atoms with Crippen molar-refractivity contribution in [1.82, 2.24) is 4.57 Å². The van der Waals surface area contributed by atoms with Gasteiger partial charge in [-0.05, 0) is 31.6 Å². The number of thiazole rings is 1. The van der Waals surface area contributed by atoms with E-state index in [4.69, 9.17) is 4.74 Å². The molecule has 168 valence electrons. The molecule has 0 fully saturated rings. The van der Waals surface area contributed by atoms with Crippen LogP contribution in [0.4, 0.5) is 10.1 Å². The quantitative estimate of drug-likeness (QED) is 0.326. The number of halogens is 1. The summed E-state index contributed by atoms with van der Waals surface area (Å²) in [4.78, 5) is 41.8. The monoisotopic (exact) mass is 467 g/mol. The maximum atomic E-state index is 14.2. The summed E-state index contributed by atoms with van der Waals surface area (Å²) in [6.45, 7) is 3.37. The van der Waals surface area contributed by atoms with Crippen molar-refractivity contribution in [2.45, 2.75) is 19.9 Å². The SMILES string of the molecule is CCOC(=O)C1=C(C)N=c2s/c(=C\c3ccccc3F)c(=O)n2[C@@H]1c1cccc([N+](=O)[O-])c1. The lowest BCUT2D eigenvalue weighted by Gasteiger charge is -2.24. The minimum Gasteiger partial charge on any atom is -0.463 e. The lowest BCUT2D eigenvalue weighted by atomic mass is 9.95. The standard InChI is InChI=1S/C23H18FN3O5S/c1-3-32-22(29)19-13(2)25-23-26(20(19)15-8-6-9-16(11-15)27(30)31)21(28)18(33-23)12-14-7-4-5-10-17(14)24/h4-12,20H,3H2,1-2H3/b18-12-/t20-/m1/s1. The van der Waals surface area contributed by atoms with Gasteiger partial charge in [-0.15, -0.1) is 0 Å². The number of ether oxygens (including phenoxy) is 1. The van der Waals surface area contributed by atoms with Crippen molar-refractivity contribution in [3.63, 3.8) is 0 Å². The van der Waals surface area contributed by atoms with Gasteiger partial charge in [0.15, 0.2) is 4.80 Å². The highest BCUT2D eigenvalue weighted by Gasteiger charge is 2.34. The number of esters is 1. The number of nitrogens with zero attached hydrogens (tertiary/aromatic N) is 3. The zero-order chi connectivity index (χ0) is 23.7. The van der Waals surface area contributed by atoms with Crippen LogP contribution in [0.2, 0.25) is 0 Å². The van der Waals surface area contributed by atoms with Gasteiger partial charge in [0.2, 0.25) is 0 Å². The molecule has 3 aromatic rings. The van der Waals surface area contributed by atoms with Gasteiger partial charge in [0.25, 0.3) is 11.2 Å². The summed E-state index contributed by atoms with van der Waals surface area (Å²) in [5.41, 5.74) is 0.369. The Hall–Kier alpha value is -3.92. The van der Waals surface area contributed by atoms with Gasteiger partial charge < -0.3 is 4.74 Å². The summed E-state index contributed by atoms with van der Waals surface area (Å²) >= 11 is 1.05. The van der Waals surface area contributed by atoms with Crippen molar-refractivity contribution in [3.05, 3.63) is 107 Å². The Morgan fingerprint density at radius 1 is 1.30 bits per heavy atom. The zero-order valence-electron chi connectivity index (χ0n) is 17.6. The van der Waals surface area contributed by atoms with E-state index in [0.29, 0.717) is 16.1 Å². The lowest BCUT2D eigenvalue weighted by Crippen LogP contribution is -2.40. The molecular weight excluding hydrogens is 449 g/mol. The lowest BCUT2D eigenvalue weighted by molar-refractivity contribution is -0.384. The highest BCUT2D eigenvalue weighted by Crippen LogP contribution is 2.32. The van der Waals surface area contributed by atoms with Crippen LogP contribution in [0.5, 0.6) is 0 Å². The number of allylic oxidation sites excluding steroid dienone is 1. The molecule has 0 radical (unpaired) electrons. The number of fused-ring (bicyclic) bond motifs is 1. The molecule has 4 rings (SSSR count). The molecule has 0 N–H and O–H groups in total. The Morgan fingerprint density at radius 2 is 2.06 bits per heavy atom. The van der Waals surface area contributed by atoms with E-state index < -0.39 is 28.3 Å². The number of carbonyl (C=O) groups excluding carboxylic acids is 1. The van der Waals surface area contributed by atoms with Crippen LogP contribution in [0.25, 0.3) is 6.08 Å². The van der Waals surface area contributed by atoms with Crippen LogP contribution in [-0.2, 0) is 9.53 Å². The molecule has 10 heteroatoms. The summed E-state index contributed by atoms with van der Waals surface area (Å²) in [5, 5.41) is 11.3. The van der Waals surface area contributed by atoms with Gasteiger partial charge in [0, 0.05) is 17.7 Å². The fourth-order valence-corrected chi connectivity index (χ4v) is 4.69. The molecule has 8 nitrogen and oxygen atoms in total. The summed E-state index contributed by atoms with van der Waals surface area (Å²) in [6, 6.07) is 10.8. The van der Waals surface area contributed by atoms with Crippen LogP contribution in [0.3, 0.4) is 0 Å². The first kappa shape index (κ1) is 22.3. The Balaban J connectivity index is 1.99. The molecule has 2 aromatic carbocycles. The molecule has 0 aliphatic carbocycles. The second-order valence-electron chi connectivity index (χ2n) is 7.18. The number of hydrogen-bond donors (Lipinski definition) is 0. The normalized spacial score (nSPS) is 15.7. The second-order valence-corrected chi connectivity index (χ2v) is 8.18. The third-order valence-electron chi connectivity index (χ3n) is 5.11. The Bertz CT molecular complexity index is 1490. The average Bonchev–Trinajstić information content (AvgIpc) is 3.09. The fraction of sp³-hybridized carbons (Fsp3) is 0.174. The molecule has 0 amide bonds. The van der Waals surface area contributed by atoms with Gasteiger partial charge in [-0.1, -0.05) is 41.7 Å². The molecule has 0 saturated carbocycles. The molecule has 1 aromatic heterocycles. The Labute approximate surface area is 190 Å². The summed E-state index contributed by atoms with van der Waals surface area (Å²) < 4.78 is 20.9. The Morgan fingerprint density at radius 3 is 2.76 bits per heavy atom. The van der Waals surface area contributed by atoms with E-state index in [9.17, 15) is 24.1 Å². The number of non-ortho nitro benzene ring substituents is 1. The number of rotatable bonds is 5. The van der Waals surface area contributed by atoms with E-state index in [1.54, 1.807) is 38.1 Å². The van der Waals surface area contributed by atoms with Gasteiger partial charge >= 0.3 is 5.97 Å². The molecule has 0 spiro atoms. The van der Waals surface area contributed by atoms with Crippen LogP contribution >= 0.6 is 11.3 Å². The molecule has 1 atom stereocenters. The molecule has 2 heterocycles. The molecule has 33 heavy (non-hydrogen) atoms. The highest BCUT2D eigenvalue weighted by molar-refractivity contribution is 7.07. The fourth-order valence-electron chi connectivity index (χ4n) is 3.65. The van der Waals surface area contributed by atoms with Gasteiger partial charge in [-0.3, -0.25) is 19.5 Å². The van der Waals surface area contributed by atoms with Crippen LogP contribution in [-0.4, -0.2) is 22.1 Å². The van der Waals surface area contributed by atoms with Crippen molar-refractivity contribution in [2.24, 2.45) is 4.99 Å². The summed E-state index contributed by atoms with van der Waals surface area (Å²) in [5.74, 6) is -1.15. The van der Waals surface area contributed by atoms with Gasteiger partial charge in [0.05, 0.1) is 33.4 Å². The number of nitro benzene ring substituents is 1. The maximum Gasteiger partial charge on any atom is 0.338 e. The Kier molecular flexibility index (Phi) is 6.01. The predicted octanol–water partition coefficient (Wildman–Crippen LogP) is 2.85. The molecule has 1 aliphatic rings. The highest BCUT2D eigenvalue weighted by atomic mass is 32.1. The first-order valence-corrected chi connectivity index (χ1v) is 10.8. The summed E-state index contributed by atoms with van der Waals surface area (Å²) in [7, 11) is 0. The van der Waals surface area contributed by atoms with Crippen molar-refractivity contribution >= 4 is 29.1 Å². The van der Waals surface area contributed by atoms with E-state index in [1.807, 2.05) is 0 Å². The smallest absolute Gasteiger partial charge is 0.338 e. The van der Waals surface area contributed by atoms with Crippen molar-refractivity contribution in [1.29, 1.82) is 0 Å². The zero-order valence-corrected chi connectivity index (χ0v) is 18.5. The average molecular weight is 467 g/mol. The first-order chi connectivity index (χ1) is 15.8. The minimum absolute atomic E-state index is 0.106. The molecule has 0 saturated heterocycles. The predicted molar refractivity (Wildman–Crippen MR) is 120 cm³/mol. The van der Waals surface area contributed by atoms with E-state index in [1.165, 1.54) is 34.9 Å². The third kappa shape index (κ3) is 4.12. The molecular formula is C23H18FN3O5S. The number of nitro groups is 1. The van der Waals surface area contributed by atoms with Crippen molar-refractivity contribution < 1.29 is 18.8 Å². The van der Waals surface area contributed by atoms with E-state index in [0.717, 1.165) is 11.3 Å². The third-order valence-corrected chi connectivity index (χ3v) is 6.09. The number of hydrogen-bond acceptors (Lipinski definition) is 7. The summed E-state index contributed by atoms with van der Waals surface area (Å²) in [6.07, 6.45) is 1.42. The van der Waals surface area contributed by atoms with Crippen molar-refractivity contribution in [3.8, 4) is 0 Å². The number of aromatic nitrogens is 1. The first-order valence-electron chi connectivity index (χ1n) is 10.0. The minimum atomic E-state index is -0.983. The molecule has 0 unspecified atom stereocenters. The van der Waals surface area contributed by atoms with Gasteiger partial charge in [-0.25, -0.2) is 14.2 Å². The van der Waals surface area contributed by atoms with Crippen LogP contribution in [0, 0.1) is 15.9 Å². The molecule has 1 aliphatic heterocycles. The van der Waals surface area contributed by atoms with Gasteiger partial charge in [0.1, 0.15) is 5.82 Å².